The molecule has 0 aliphatic rings. The van der Waals surface area contributed by atoms with Gasteiger partial charge in [-0.05, 0) is 47.3 Å². The van der Waals surface area contributed by atoms with Crippen LogP contribution in [0.5, 0.6) is 0 Å². The molecule has 4 nitrogen and oxygen atoms in total. The zero-order chi connectivity index (χ0) is 14.8. The van der Waals surface area contributed by atoms with Crippen LogP contribution in [0.2, 0.25) is 0 Å². The summed E-state index contributed by atoms with van der Waals surface area (Å²) >= 11 is 0. The van der Waals surface area contributed by atoms with E-state index in [2.05, 4.69) is 10.3 Å². The van der Waals surface area contributed by atoms with Crippen LogP contribution >= 0.6 is 0 Å². The topological polar surface area (TPSA) is 65.1 Å². The Bertz CT molecular complexity index is 811. The van der Waals surface area contributed by atoms with Gasteiger partial charge in [0.15, 0.2) is 0 Å². The first-order valence-electron chi connectivity index (χ1n) is 6.46. The Hall–Kier alpha value is -2.82. The molecular formula is C16H13FN2O2. The van der Waals surface area contributed by atoms with E-state index in [9.17, 15) is 9.18 Å². The van der Waals surface area contributed by atoms with Gasteiger partial charge in [-0.3, -0.25) is 0 Å². The number of carbonyl (C=O) groups is 1. The summed E-state index contributed by atoms with van der Waals surface area (Å²) in [5.74, 6) is -1.55. The lowest BCUT2D eigenvalue weighted by Gasteiger charge is -2.09. The molecule has 0 radical (unpaired) electrons. The summed E-state index contributed by atoms with van der Waals surface area (Å²) in [4.78, 5) is 14.0. The highest BCUT2D eigenvalue weighted by molar-refractivity contribution is 5.88. The van der Waals surface area contributed by atoms with E-state index >= 15 is 0 Å². The van der Waals surface area contributed by atoms with Crippen molar-refractivity contribution in [3.63, 3.8) is 0 Å². The molecule has 0 fully saturated rings. The first-order valence-corrected chi connectivity index (χ1v) is 6.46. The van der Waals surface area contributed by atoms with E-state index in [0.717, 1.165) is 22.5 Å². The van der Waals surface area contributed by atoms with Crippen LogP contribution < -0.4 is 5.32 Å². The maximum Gasteiger partial charge on any atom is 0.335 e. The van der Waals surface area contributed by atoms with Gasteiger partial charge >= 0.3 is 5.97 Å². The number of rotatable bonds is 4. The molecule has 3 aromatic rings. The van der Waals surface area contributed by atoms with Gasteiger partial charge in [-0.15, -0.1) is 0 Å². The first kappa shape index (κ1) is 13.2. The highest BCUT2D eigenvalue weighted by Crippen LogP contribution is 2.19. The van der Waals surface area contributed by atoms with Gasteiger partial charge < -0.3 is 15.4 Å². The maximum atomic E-state index is 13.7. The molecule has 0 spiro atoms. The van der Waals surface area contributed by atoms with Crippen LogP contribution in [0.15, 0.2) is 48.7 Å². The number of nitrogens with one attached hydrogen (secondary N) is 2. The summed E-state index contributed by atoms with van der Waals surface area (Å²) in [6, 6.07) is 11.5. The lowest BCUT2D eigenvalue weighted by atomic mass is 10.1. The van der Waals surface area contributed by atoms with Gasteiger partial charge in [0, 0.05) is 18.3 Å². The number of anilines is 1. The normalized spacial score (nSPS) is 10.7. The summed E-state index contributed by atoms with van der Waals surface area (Å²) in [6.45, 7) is 0.418. The number of aromatic carboxylic acids is 1. The molecule has 5 heteroatoms. The van der Waals surface area contributed by atoms with E-state index < -0.39 is 11.8 Å². The third-order valence-electron chi connectivity index (χ3n) is 3.31. The van der Waals surface area contributed by atoms with Crippen LogP contribution in [-0.2, 0) is 6.54 Å². The van der Waals surface area contributed by atoms with Crippen molar-refractivity contribution in [3.05, 3.63) is 65.6 Å². The average Bonchev–Trinajstić information content (AvgIpc) is 2.93. The Kier molecular flexibility index (Phi) is 3.31. The molecule has 0 saturated heterocycles. The highest BCUT2D eigenvalue weighted by atomic mass is 19.1. The van der Waals surface area contributed by atoms with Crippen molar-refractivity contribution < 1.29 is 14.3 Å². The fourth-order valence-corrected chi connectivity index (χ4v) is 2.20. The van der Waals surface area contributed by atoms with Crippen molar-refractivity contribution >= 4 is 22.6 Å². The molecule has 0 aliphatic heterocycles. The summed E-state index contributed by atoms with van der Waals surface area (Å²) in [5.41, 5.74) is 2.27. The minimum Gasteiger partial charge on any atom is -0.478 e. The molecule has 0 unspecified atom stereocenters. The van der Waals surface area contributed by atoms with E-state index in [1.165, 1.54) is 12.1 Å². The van der Waals surface area contributed by atoms with Crippen molar-refractivity contribution in [2.24, 2.45) is 0 Å². The van der Waals surface area contributed by atoms with Crippen molar-refractivity contribution in [2.45, 2.75) is 6.54 Å². The van der Waals surface area contributed by atoms with E-state index in [1.807, 2.05) is 30.5 Å². The van der Waals surface area contributed by atoms with Crippen molar-refractivity contribution in [1.82, 2.24) is 4.98 Å². The van der Waals surface area contributed by atoms with E-state index in [-0.39, 0.29) is 11.3 Å². The average molecular weight is 284 g/mol. The minimum atomic E-state index is -1.08. The number of fused-ring (bicyclic) bond motifs is 1. The summed E-state index contributed by atoms with van der Waals surface area (Å²) < 4.78 is 13.7. The fourth-order valence-electron chi connectivity index (χ4n) is 2.20. The Balaban J connectivity index is 1.80. The van der Waals surface area contributed by atoms with Crippen molar-refractivity contribution in [1.29, 1.82) is 0 Å². The van der Waals surface area contributed by atoms with Crippen LogP contribution in [0.1, 0.15) is 15.9 Å². The number of H-pyrrole nitrogens is 1. The third kappa shape index (κ3) is 2.72. The molecule has 0 bridgehead atoms. The predicted molar refractivity (Wildman–Crippen MR) is 79.0 cm³/mol. The molecule has 2 aromatic carbocycles. The Morgan fingerprint density at radius 1 is 1.19 bits per heavy atom. The molecule has 1 heterocycles. The zero-order valence-corrected chi connectivity index (χ0v) is 11.1. The van der Waals surface area contributed by atoms with Crippen LogP contribution in [-0.4, -0.2) is 16.1 Å². The number of benzene rings is 2. The lowest BCUT2D eigenvalue weighted by molar-refractivity contribution is 0.0697. The van der Waals surface area contributed by atoms with Crippen LogP contribution in [0, 0.1) is 5.82 Å². The van der Waals surface area contributed by atoms with Crippen LogP contribution in [0.3, 0.4) is 0 Å². The number of aromatic amines is 1. The molecular weight excluding hydrogens is 271 g/mol. The molecule has 1 aromatic heterocycles. The lowest BCUT2D eigenvalue weighted by Crippen LogP contribution is -2.04. The molecule has 3 N–H and O–H groups in total. The van der Waals surface area contributed by atoms with E-state index in [0.29, 0.717) is 6.54 Å². The molecule has 106 valence electrons. The van der Waals surface area contributed by atoms with Gasteiger partial charge in [0.2, 0.25) is 0 Å². The number of halogens is 1. The monoisotopic (exact) mass is 284 g/mol. The van der Waals surface area contributed by atoms with Gasteiger partial charge in [0.05, 0.1) is 11.3 Å². The van der Waals surface area contributed by atoms with Gasteiger partial charge in [-0.25, -0.2) is 9.18 Å². The quantitative estimate of drug-likeness (QED) is 0.685. The minimum absolute atomic E-state index is 0.0555. The summed E-state index contributed by atoms with van der Waals surface area (Å²) in [7, 11) is 0. The second-order valence-electron chi connectivity index (χ2n) is 4.75. The summed E-state index contributed by atoms with van der Waals surface area (Å²) in [6.07, 6.45) is 1.86. The summed E-state index contributed by atoms with van der Waals surface area (Å²) in [5, 5.41) is 12.9. The Labute approximate surface area is 120 Å². The SMILES string of the molecule is O=C(O)c1ccc(F)c(NCc2ccc3[nH]ccc3c2)c1. The second kappa shape index (κ2) is 5.28. The molecule has 0 atom stereocenters. The van der Waals surface area contributed by atoms with Crippen LogP contribution in [0.25, 0.3) is 10.9 Å². The molecule has 21 heavy (non-hydrogen) atoms. The van der Waals surface area contributed by atoms with Crippen molar-refractivity contribution in [3.8, 4) is 0 Å². The van der Waals surface area contributed by atoms with Gasteiger partial charge in [-0.2, -0.15) is 0 Å². The second-order valence-corrected chi connectivity index (χ2v) is 4.75. The number of hydrogen-bond donors (Lipinski definition) is 3. The van der Waals surface area contributed by atoms with E-state index in [1.54, 1.807) is 0 Å². The fraction of sp³-hybridized carbons (Fsp3) is 0.0625. The number of aromatic nitrogens is 1. The molecule has 0 aliphatic carbocycles. The molecule has 0 amide bonds. The van der Waals surface area contributed by atoms with Gasteiger partial charge in [-0.1, -0.05) is 6.07 Å². The molecule has 3 rings (SSSR count). The Morgan fingerprint density at radius 2 is 2.05 bits per heavy atom. The predicted octanol–water partition coefficient (Wildman–Crippen LogP) is 3.62. The number of carboxylic acid groups (broad SMARTS) is 1. The standard InChI is InChI=1S/C16H13FN2O2/c17-13-3-2-12(16(20)21)8-15(13)19-9-10-1-4-14-11(7-10)5-6-18-14/h1-8,18-19H,9H2,(H,20,21). The highest BCUT2D eigenvalue weighted by Gasteiger charge is 2.08. The number of carboxylic acids is 1. The number of hydrogen-bond acceptors (Lipinski definition) is 2. The zero-order valence-electron chi connectivity index (χ0n) is 11.1. The smallest absolute Gasteiger partial charge is 0.335 e. The van der Waals surface area contributed by atoms with Gasteiger partial charge in [0.25, 0.3) is 0 Å². The third-order valence-corrected chi connectivity index (χ3v) is 3.31. The van der Waals surface area contributed by atoms with Crippen molar-refractivity contribution in [2.75, 3.05) is 5.32 Å². The maximum absolute atomic E-state index is 13.7. The van der Waals surface area contributed by atoms with E-state index in [4.69, 9.17) is 5.11 Å². The first-order chi connectivity index (χ1) is 10.1. The van der Waals surface area contributed by atoms with Gasteiger partial charge in [0.1, 0.15) is 5.82 Å². The largest absolute Gasteiger partial charge is 0.478 e. The van der Waals surface area contributed by atoms with Crippen LogP contribution in [0.4, 0.5) is 10.1 Å². The Morgan fingerprint density at radius 3 is 2.86 bits per heavy atom. The molecule has 0 saturated carbocycles.